The lowest BCUT2D eigenvalue weighted by Gasteiger charge is -2.23. The summed E-state index contributed by atoms with van der Waals surface area (Å²) in [6.45, 7) is 1.47. The third-order valence-electron chi connectivity index (χ3n) is 6.61. The second kappa shape index (κ2) is 9.21. The van der Waals surface area contributed by atoms with Gasteiger partial charge in [-0.2, -0.15) is 0 Å². The molecule has 2 aromatic carbocycles. The van der Waals surface area contributed by atoms with E-state index in [9.17, 15) is 29.3 Å². The maximum absolute atomic E-state index is 14.5. The van der Waals surface area contributed by atoms with Crippen molar-refractivity contribution in [1.29, 1.82) is 0 Å². The Morgan fingerprint density at radius 3 is 2.83 bits per heavy atom. The minimum Gasteiger partial charge on any atom is -0.508 e. The number of Topliss-reactive ketones (excluding diaryl/α,β-unsaturated/α-hetero) is 1. The number of rotatable bonds is 4. The Morgan fingerprint density at radius 1 is 1.25 bits per heavy atom. The SMILES string of the molecule is Cc1cc(F)c(Nc2ccnc3c2C(=O)Cc2cc(C(=O)N4C[C@H](O)C[C@H]4CO)ccc2N3)cc1O. The number of anilines is 4. The van der Waals surface area contributed by atoms with E-state index in [0.717, 1.165) is 0 Å². The average molecular weight is 493 g/mol. The Labute approximate surface area is 206 Å². The Balaban J connectivity index is 1.45. The molecule has 9 nitrogen and oxygen atoms in total. The van der Waals surface area contributed by atoms with E-state index in [-0.39, 0.29) is 54.1 Å². The largest absolute Gasteiger partial charge is 0.508 e. The first-order valence-electron chi connectivity index (χ1n) is 11.5. The van der Waals surface area contributed by atoms with Gasteiger partial charge < -0.3 is 30.9 Å². The normalized spacial score (nSPS) is 18.8. The molecule has 186 valence electrons. The van der Waals surface area contributed by atoms with Gasteiger partial charge in [0.05, 0.1) is 35.7 Å². The summed E-state index contributed by atoms with van der Waals surface area (Å²) in [5.74, 6) is -1.01. The Kier molecular flexibility index (Phi) is 6.07. The number of aryl methyl sites for hydroxylation is 1. The van der Waals surface area contributed by atoms with Crippen molar-refractivity contribution < 1.29 is 29.3 Å². The number of carbonyl (C=O) groups is 2. The molecule has 5 N–H and O–H groups in total. The molecule has 3 aromatic rings. The first kappa shape index (κ1) is 23.7. The number of halogens is 1. The molecule has 36 heavy (non-hydrogen) atoms. The number of likely N-dealkylation sites (tertiary alicyclic amines) is 1. The minimum absolute atomic E-state index is 0.0141. The molecule has 2 aliphatic heterocycles. The number of β-amino-alcohol motifs (C(OH)–C–C–N with tert-alkyl or cyclic N) is 1. The van der Waals surface area contributed by atoms with Crippen LogP contribution in [-0.2, 0) is 6.42 Å². The monoisotopic (exact) mass is 492 g/mol. The average Bonchev–Trinajstić information content (AvgIpc) is 3.16. The third-order valence-corrected chi connectivity index (χ3v) is 6.61. The van der Waals surface area contributed by atoms with E-state index in [1.54, 1.807) is 31.2 Å². The van der Waals surface area contributed by atoms with Gasteiger partial charge in [-0.3, -0.25) is 9.59 Å². The number of pyridine rings is 1. The van der Waals surface area contributed by atoms with Gasteiger partial charge >= 0.3 is 0 Å². The number of nitrogens with one attached hydrogen (secondary N) is 2. The zero-order valence-corrected chi connectivity index (χ0v) is 19.5. The van der Waals surface area contributed by atoms with Gasteiger partial charge in [-0.1, -0.05) is 0 Å². The van der Waals surface area contributed by atoms with Crippen molar-refractivity contribution in [3.05, 3.63) is 70.7 Å². The maximum Gasteiger partial charge on any atom is 0.254 e. The van der Waals surface area contributed by atoms with E-state index < -0.39 is 18.0 Å². The zero-order valence-electron chi connectivity index (χ0n) is 19.5. The second-order valence-corrected chi connectivity index (χ2v) is 9.11. The fourth-order valence-electron chi connectivity index (χ4n) is 4.71. The van der Waals surface area contributed by atoms with Crippen LogP contribution in [0.5, 0.6) is 5.75 Å². The lowest BCUT2D eigenvalue weighted by Crippen LogP contribution is -2.38. The number of nitrogens with zero attached hydrogens (tertiary/aromatic N) is 2. The van der Waals surface area contributed by atoms with Crippen LogP contribution >= 0.6 is 0 Å². The molecule has 0 aliphatic carbocycles. The highest BCUT2D eigenvalue weighted by atomic mass is 19.1. The van der Waals surface area contributed by atoms with E-state index in [4.69, 9.17) is 0 Å². The molecule has 3 heterocycles. The number of amides is 1. The molecule has 2 aliphatic rings. The Hall–Kier alpha value is -4.02. The van der Waals surface area contributed by atoms with Crippen molar-refractivity contribution in [1.82, 2.24) is 9.88 Å². The van der Waals surface area contributed by atoms with E-state index in [2.05, 4.69) is 15.6 Å². The molecule has 1 fully saturated rings. The number of aromatic nitrogens is 1. The van der Waals surface area contributed by atoms with E-state index in [1.165, 1.54) is 23.2 Å². The number of fused-ring (bicyclic) bond motifs is 2. The highest BCUT2D eigenvalue weighted by Crippen LogP contribution is 2.36. The van der Waals surface area contributed by atoms with Gasteiger partial charge in [0, 0.05) is 36.5 Å². The minimum atomic E-state index is -0.693. The summed E-state index contributed by atoms with van der Waals surface area (Å²) in [6, 6.07) is 8.47. The van der Waals surface area contributed by atoms with Gasteiger partial charge in [-0.05, 0) is 54.8 Å². The van der Waals surface area contributed by atoms with Crippen molar-refractivity contribution in [3.8, 4) is 5.75 Å². The molecule has 1 aromatic heterocycles. The van der Waals surface area contributed by atoms with Crippen LogP contribution in [0.2, 0.25) is 0 Å². The van der Waals surface area contributed by atoms with Crippen molar-refractivity contribution >= 4 is 34.6 Å². The standard InChI is InChI=1S/C26H25FN4O5/c1-13-6-18(27)21(10-22(13)34)29-20-4-5-28-25-24(20)23(35)8-15-7-14(2-3-19(15)30-25)26(36)31-11-17(33)9-16(31)12-32/h2-7,10,16-17,32-34H,8-9,11-12H2,1H3,(H2,28,29,30)/t16-,17+/m0/s1. The number of aromatic hydroxyl groups is 1. The molecule has 0 unspecified atom stereocenters. The molecule has 0 spiro atoms. The van der Waals surface area contributed by atoms with Crippen LogP contribution in [0.15, 0.2) is 42.6 Å². The van der Waals surface area contributed by atoms with Gasteiger partial charge in [0.15, 0.2) is 5.78 Å². The smallest absolute Gasteiger partial charge is 0.254 e. The Bertz CT molecular complexity index is 1380. The molecule has 0 radical (unpaired) electrons. The summed E-state index contributed by atoms with van der Waals surface area (Å²) in [7, 11) is 0. The number of ketones is 1. The number of hydrogen-bond acceptors (Lipinski definition) is 8. The second-order valence-electron chi connectivity index (χ2n) is 9.11. The van der Waals surface area contributed by atoms with Crippen LogP contribution in [0.25, 0.3) is 0 Å². The zero-order chi connectivity index (χ0) is 25.6. The fraction of sp³-hybridized carbons (Fsp3) is 0.269. The summed E-state index contributed by atoms with van der Waals surface area (Å²) in [6.07, 6.45) is 1.06. The molecule has 1 saturated heterocycles. The van der Waals surface area contributed by atoms with Crippen LogP contribution in [0.4, 0.5) is 27.3 Å². The number of carbonyl (C=O) groups excluding carboxylic acids is 2. The predicted octanol–water partition coefficient (Wildman–Crippen LogP) is 3.03. The van der Waals surface area contributed by atoms with Gasteiger partial charge in [0.1, 0.15) is 17.4 Å². The number of benzene rings is 2. The molecular weight excluding hydrogens is 467 g/mol. The van der Waals surface area contributed by atoms with Crippen LogP contribution in [0.3, 0.4) is 0 Å². The molecule has 2 atom stereocenters. The van der Waals surface area contributed by atoms with Gasteiger partial charge in [0.2, 0.25) is 0 Å². The lowest BCUT2D eigenvalue weighted by molar-refractivity contribution is 0.0664. The number of phenolic OH excluding ortho intramolecular Hbond substituents is 1. The lowest BCUT2D eigenvalue weighted by atomic mass is 10.0. The predicted molar refractivity (Wildman–Crippen MR) is 131 cm³/mol. The van der Waals surface area contributed by atoms with Crippen LogP contribution in [0, 0.1) is 12.7 Å². The third kappa shape index (κ3) is 4.25. The molecule has 10 heteroatoms. The summed E-state index contributed by atoms with van der Waals surface area (Å²) in [5.41, 5.74) is 2.46. The van der Waals surface area contributed by atoms with E-state index in [1.807, 2.05) is 0 Å². The number of aliphatic hydroxyl groups is 2. The molecule has 5 rings (SSSR count). The van der Waals surface area contributed by atoms with Gasteiger partial charge in [-0.25, -0.2) is 9.37 Å². The molecular formula is C26H25FN4O5. The van der Waals surface area contributed by atoms with Gasteiger partial charge in [0.25, 0.3) is 5.91 Å². The quantitative estimate of drug-likeness (QED) is 0.375. The van der Waals surface area contributed by atoms with E-state index in [0.29, 0.717) is 34.5 Å². The molecule has 1 amide bonds. The number of hydrogen-bond donors (Lipinski definition) is 5. The van der Waals surface area contributed by atoms with E-state index >= 15 is 0 Å². The highest BCUT2D eigenvalue weighted by Gasteiger charge is 2.34. The van der Waals surface area contributed by atoms with Crippen LogP contribution in [0.1, 0.15) is 38.3 Å². The van der Waals surface area contributed by atoms with Crippen molar-refractivity contribution in [2.45, 2.75) is 31.9 Å². The topological polar surface area (TPSA) is 135 Å². The highest BCUT2D eigenvalue weighted by molar-refractivity contribution is 6.09. The van der Waals surface area contributed by atoms with Crippen molar-refractivity contribution in [2.24, 2.45) is 0 Å². The summed E-state index contributed by atoms with van der Waals surface area (Å²) in [5, 5.41) is 35.5. The van der Waals surface area contributed by atoms with Crippen LogP contribution < -0.4 is 10.6 Å². The summed E-state index contributed by atoms with van der Waals surface area (Å²) < 4.78 is 14.5. The van der Waals surface area contributed by atoms with Gasteiger partial charge in [-0.15, -0.1) is 0 Å². The maximum atomic E-state index is 14.5. The number of aliphatic hydroxyl groups excluding tert-OH is 2. The fourth-order valence-corrected chi connectivity index (χ4v) is 4.71. The molecule has 0 bridgehead atoms. The Morgan fingerprint density at radius 2 is 2.06 bits per heavy atom. The first-order valence-corrected chi connectivity index (χ1v) is 11.5. The number of phenols is 1. The van der Waals surface area contributed by atoms with Crippen LogP contribution in [-0.4, -0.2) is 62.2 Å². The summed E-state index contributed by atoms with van der Waals surface area (Å²) >= 11 is 0. The van der Waals surface area contributed by atoms with Crippen molar-refractivity contribution in [3.63, 3.8) is 0 Å². The van der Waals surface area contributed by atoms with Crippen molar-refractivity contribution in [2.75, 3.05) is 23.8 Å². The first-order chi connectivity index (χ1) is 17.2. The molecule has 0 saturated carbocycles. The summed E-state index contributed by atoms with van der Waals surface area (Å²) in [4.78, 5) is 32.2.